The van der Waals surface area contributed by atoms with Gasteiger partial charge in [0.25, 0.3) is 0 Å². The summed E-state index contributed by atoms with van der Waals surface area (Å²) >= 11 is 6.16. The van der Waals surface area contributed by atoms with Crippen LogP contribution in [-0.4, -0.2) is 54.4 Å². The zero-order valence-corrected chi connectivity index (χ0v) is 17.8. The molecule has 2 aliphatic rings. The van der Waals surface area contributed by atoms with Gasteiger partial charge in [0, 0.05) is 25.3 Å². The minimum Gasteiger partial charge on any atom is -0.495 e. The first kappa shape index (κ1) is 20.7. The number of halogens is 1. The van der Waals surface area contributed by atoms with Crippen LogP contribution in [0.15, 0.2) is 42.5 Å². The van der Waals surface area contributed by atoms with Crippen LogP contribution in [0.4, 0.5) is 5.69 Å². The second-order valence-electron chi connectivity index (χ2n) is 7.82. The first-order chi connectivity index (χ1) is 14.5. The summed E-state index contributed by atoms with van der Waals surface area (Å²) < 4.78 is 5.15. The summed E-state index contributed by atoms with van der Waals surface area (Å²) in [5, 5.41) is 3.32. The Morgan fingerprint density at radius 1 is 1.13 bits per heavy atom. The molecule has 1 unspecified atom stereocenters. The van der Waals surface area contributed by atoms with E-state index < -0.39 is 0 Å². The van der Waals surface area contributed by atoms with Crippen molar-refractivity contribution in [2.24, 2.45) is 0 Å². The highest BCUT2D eigenvalue weighted by molar-refractivity contribution is 6.32. The Bertz CT molecular complexity index is 943. The number of carbonyl (C=O) groups is 2. The number of ether oxygens (including phenoxy) is 1. The van der Waals surface area contributed by atoms with Gasteiger partial charge >= 0.3 is 0 Å². The summed E-state index contributed by atoms with van der Waals surface area (Å²) in [5.74, 6) is 0.510. The van der Waals surface area contributed by atoms with E-state index >= 15 is 0 Å². The molecule has 158 valence electrons. The van der Waals surface area contributed by atoms with E-state index in [4.69, 9.17) is 16.3 Å². The van der Waals surface area contributed by atoms with Gasteiger partial charge in [0.15, 0.2) is 0 Å². The molecule has 2 aliphatic heterocycles. The maximum absolute atomic E-state index is 13.2. The van der Waals surface area contributed by atoms with Gasteiger partial charge in [0.05, 0.1) is 24.7 Å². The molecule has 30 heavy (non-hydrogen) atoms. The quantitative estimate of drug-likeness (QED) is 0.795. The lowest BCUT2D eigenvalue weighted by Gasteiger charge is -2.37. The van der Waals surface area contributed by atoms with E-state index in [1.807, 2.05) is 21.9 Å². The lowest BCUT2D eigenvalue weighted by Crippen LogP contribution is -2.52. The summed E-state index contributed by atoms with van der Waals surface area (Å²) in [4.78, 5) is 29.9. The standard InChI is InChI=1S/C23H26ClN3O3/c1-30-21-9-8-18(13-19(21)24)25-22(28)15-27-14-17-7-3-2-6-16(17)12-20(27)23(29)26-10-4-5-11-26/h2-3,6-9,13,20H,4-5,10-12,14-15H2,1H3,(H,25,28). The number of nitrogens with zero attached hydrogens (tertiary/aromatic N) is 2. The molecule has 0 aliphatic carbocycles. The smallest absolute Gasteiger partial charge is 0.240 e. The van der Waals surface area contributed by atoms with Crippen LogP contribution in [0.25, 0.3) is 0 Å². The summed E-state index contributed by atoms with van der Waals surface area (Å²) in [6.45, 7) is 2.34. The molecule has 1 atom stereocenters. The molecule has 2 aromatic carbocycles. The zero-order chi connectivity index (χ0) is 21.1. The van der Waals surface area contributed by atoms with Gasteiger partial charge in [-0.15, -0.1) is 0 Å². The number of benzene rings is 2. The summed E-state index contributed by atoms with van der Waals surface area (Å²) in [6.07, 6.45) is 2.73. The maximum Gasteiger partial charge on any atom is 0.240 e. The van der Waals surface area contributed by atoms with Gasteiger partial charge in [-0.25, -0.2) is 0 Å². The number of likely N-dealkylation sites (tertiary alicyclic amines) is 1. The molecular weight excluding hydrogens is 402 g/mol. The minimum atomic E-state index is -0.316. The molecular formula is C23H26ClN3O3. The summed E-state index contributed by atoms with van der Waals surface area (Å²) in [7, 11) is 1.55. The number of carbonyl (C=O) groups excluding carboxylic acids is 2. The van der Waals surface area contributed by atoms with Crippen molar-refractivity contribution in [3.63, 3.8) is 0 Å². The van der Waals surface area contributed by atoms with Crippen molar-refractivity contribution in [2.45, 2.75) is 31.8 Å². The molecule has 7 heteroatoms. The Kier molecular flexibility index (Phi) is 6.25. The molecule has 0 aromatic heterocycles. The Morgan fingerprint density at radius 3 is 2.57 bits per heavy atom. The van der Waals surface area contributed by atoms with E-state index in [0.29, 0.717) is 29.4 Å². The predicted molar refractivity (Wildman–Crippen MR) is 117 cm³/mol. The van der Waals surface area contributed by atoms with Crippen LogP contribution in [-0.2, 0) is 22.6 Å². The Morgan fingerprint density at radius 2 is 1.87 bits per heavy atom. The highest BCUT2D eigenvalue weighted by atomic mass is 35.5. The van der Waals surface area contributed by atoms with Gasteiger partial charge < -0.3 is 15.0 Å². The van der Waals surface area contributed by atoms with Crippen molar-refractivity contribution < 1.29 is 14.3 Å². The van der Waals surface area contributed by atoms with Crippen LogP contribution >= 0.6 is 11.6 Å². The molecule has 0 radical (unpaired) electrons. The van der Waals surface area contributed by atoms with Crippen LogP contribution in [0, 0.1) is 0 Å². The normalized spacial score (nSPS) is 18.7. The fourth-order valence-electron chi connectivity index (χ4n) is 4.26. The van der Waals surface area contributed by atoms with Crippen molar-refractivity contribution in [3.8, 4) is 5.75 Å². The van der Waals surface area contributed by atoms with Gasteiger partial charge in [-0.05, 0) is 48.6 Å². The molecule has 0 bridgehead atoms. The minimum absolute atomic E-state index is 0.127. The summed E-state index contributed by atoms with van der Waals surface area (Å²) in [5.41, 5.74) is 2.96. The first-order valence-electron chi connectivity index (χ1n) is 10.3. The highest BCUT2D eigenvalue weighted by Crippen LogP contribution is 2.28. The number of amides is 2. The van der Waals surface area contributed by atoms with Gasteiger partial charge in [0.1, 0.15) is 5.75 Å². The van der Waals surface area contributed by atoms with Gasteiger partial charge in [0.2, 0.25) is 11.8 Å². The van der Waals surface area contributed by atoms with E-state index in [9.17, 15) is 9.59 Å². The van der Waals surface area contributed by atoms with E-state index in [1.54, 1.807) is 25.3 Å². The number of hydrogen-bond acceptors (Lipinski definition) is 4. The molecule has 1 fully saturated rings. The maximum atomic E-state index is 13.2. The third-order valence-electron chi connectivity index (χ3n) is 5.83. The average molecular weight is 428 g/mol. The second-order valence-corrected chi connectivity index (χ2v) is 8.23. The third-order valence-corrected chi connectivity index (χ3v) is 6.13. The Balaban J connectivity index is 1.50. The largest absolute Gasteiger partial charge is 0.495 e. The molecule has 0 spiro atoms. The van der Waals surface area contributed by atoms with E-state index in [0.717, 1.165) is 25.9 Å². The van der Waals surface area contributed by atoms with Crippen molar-refractivity contribution in [1.82, 2.24) is 9.80 Å². The number of fused-ring (bicyclic) bond motifs is 1. The van der Waals surface area contributed by atoms with Gasteiger partial charge in [-0.3, -0.25) is 14.5 Å². The summed E-state index contributed by atoms with van der Waals surface area (Å²) in [6, 6.07) is 13.0. The molecule has 2 aromatic rings. The fourth-order valence-corrected chi connectivity index (χ4v) is 4.52. The molecule has 1 saturated heterocycles. The molecule has 6 nitrogen and oxygen atoms in total. The number of rotatable bonds is 5. The second kappa shape index (κ2) is 9.06. The number of anilines is 1. The van der Waals surface area contributed by atoms with Crippen molar-refractivity contribution in [1.29, 1.82) is 0 Å². The SMILES string of the molecule is COc1ccc(NC(=O)CN2Cc3ccccc3CC2C(=O)N2CCCC2)cc1Cl. The van der Waals surface area contributed by atoms with Gasteiger partial charge in [-0.2, -0.15) is 0 Å². The van der Waals surface area contributed by atoms with Crippen LogP contribution in [0.1, 0.15) is 24.0 Å². The lowest BCUT2D eigenvalue weighted by molar-refractivity contribution is -0.137. The van der Waals surface area contributed by atoms with Crippen LogP contribution in [0.5, 0.6) is 5.75 Å². The van der Waals surface area contributed by atoms with Crippen molar-refractivity contribution >= 4 is 29.1 Å². The van der Waals surface area contributed by atoms with E-state index in [-0.39, 0.29) is 24.4 Å². The Hall–Kier alpha value is -2.57. The zero-order valence-electron chi connectivity index (χ0n) is 17.1. The molecule has 2 amide bonds. The predicted octanol–water partition coefficient (Wildman–Crippen LogP) is 3.34. The monoisotopic (exact) mass is 427 g/mol. The number of nitrogens with one attached hydrogen (secondary N) is 1. The van der Waals surface area contributed by atoms with Gasteiger partial charge in [-0.1, -0.05) is 35.9 Å². The Labute approximate surface area is 181 Å². The molecule has 1 N–H and O–H groups in total. The van der Waals surface area contributed by atoms with Crippen molar-refractivity contribution in [3.05, 3.63) is 58.6 Å². The number of methoxy groups -OCH3 is 1. The molecule has 4 rings (SSSR count). The van der Waals surface area contributed by atoms with E-state index in [1.165, 1.54) is 11.1 Å². The van der Waals surface area contributed by atoms with Crippen LogP contribution in [0.2, 0.25) is 5.02 Å². The lowest BCUT2D eigenvalue weighted by atomic mass is 9.93. The molecule has 0 saturated carbocycles. The average Bonchev–Trinajstić information content (AvgIpc) is 3.28. The number of hydrogen-bond donors (Lipinski definition) is 1. The first-order valence-corrected chi connectivity index (χ1v) is 10.7. The highest BCUT2D eigenvalue weighted by Gasteiger charge is 2.35. The third kappa shape index (κ3) is 4.45. The topological polar surface area (TPSA) is 61.9 Å². The van der Waals surface area contributed by atoms with Crippen LogP contribution < -0.4 is 10.1 Å². The molecule has 2 heterocycles. The van der Waals surface area contributed by atoms with Crippen LogP contribution in [0.3, 0.4) is 0 Å². The van der Waals surface area contributed by atoms with Crippen molar-refractivity contribution in [2.75, 3.05) is 32.1 Å². The fraction of sp³-hybridized carbons (Fsp3) is 0.391. The van der Waals surface area contributed by atoms with E-state index in [2.05, 4.69) is 17.4 Å².